The molecule has 0 aliphatic carbocycles. The molecule has 4 heteroatoms. The van der Waals surface area contributed by atoms with E-state index in [1.807, 2.05) is 6.92 Å². The summed E-state index contributed by atoms with van der Waals surface area (Å²) in [4.78, 5) is 0.133. The number of aromatic nitrogens is 2. The molecule has 0 bridgehead atoms. The van der Waals surface area contributed by atoms with E-state index in [4.69, 9.17) is 4.42 Å². The molecule has 0 N–H and O–H groups in total. The first-order valence-corrected chi connectivity index (χ1v) is 6.58. The highest BCUT2D eigenvalue weighted by atomic mass is 79.9. The van der Waals surface area contributed by atoms with Crippen molar-refractivity contribution < 1.29 is 4.42 Å². The van der Waals surface area contributed by atoms with Crippen LogP contribution in [0.15, 0.2) is 22.6 Å². The van der Waals surface area contributed by atoms with Gasteiger partial charge >= 0.3 is 0 Å². The monoisotopic (exact) mass is 294 g/mol. The van der Waals surface area contributed by atoms with E-state index in [0.717, 1.165) is 17.5 Å². The Morgan fingerprint density at radius 2 is 2.06 bits per heavy atom. The molecule has 0 aliphatic heterocycles. The zero-order chi connectivity index (χ0) is 12.4. The van der Waals surface area contributed by atoms with Gasteiger partial charge in [-0.1, -0.05) is 40.5 Å². The van der Waals surface area contributed by atoms with E-state index in [2.05, 4.69) is 58.2 Å². The zero-order valence-electron chi connectivity index (χ0n) is 10.2. The van der Waals surface area contributed by atoms with Crippen LogP contribution in [0.25, 0.3) is 11.5 Å². The normalized spacial score (nSPS) is 12.7. The third-order valence-corrected chi connectivity index (χ3v) is 3.73. The highest BCUT2D eigenvalue weighted by Gasteiger charge is 2.15. The van der Waals surface area contributed by atoms with Gasteiger partial charge in [-0.3, -0.25) is 0 Å². The fourth-order valence-corrected chi connectivity index (χ4v) is 1.80. The molecule has 1 atom stereocenters. The van der Waals surface area contributed by atoms with Gasteiger partial charge in [0.1, 0.15) is 0 Å². The minimum absolute atomic E-state index is 0.133. The van der Waals surface area contributed by atoms with Crippen molar-refractivity contribution >= 4 is 15.9 Å². The number of aryl methyl sites for hydroxylation is 2. The SMILES string of the molecule is CCC(Br)c1nnc(-c2cc(C)ccc2C)o1. The largest absolute Gasteiger partial charge is 0.419 e. The smallest absolute Gasteiger partial charge is 0.248 e. The molecule has 17 heavy (non-hydrogen) atoms. The highest BCUT2D eigenvalue weighted by molar-refractivity contribution is 9.09. The summed E-state index contributed by atoms with van der Waals surface area (Å²) in [6, 6.07) is 6.22. The molecule has 0 saturated carbocycles. The van der Waals surface area contributed by atoms with E-state index >= 15 is 0 Å². The maximum atomic E-state index is 5.69. The Kier molecular flexibility index (Phi) is 3.62. The van der Waals surface area contributed by atoms with Crippen LogP contribution in [0, 0.1) is 13.8 Å². The van der Waals surface area contributed by atoms with Crippen molar-refractivity contribution in [2.45, 2.75) is 32.0 Å². The first kappa shape index (κ1) is 12.3. The Morgan fingerprint density at radius 3 is 2.76 bits per heavy atom. The number of hydrogen-bond acceptors (Lipinski definition) is 3. The molecule has 0 spiro atoms. The van der Waals surface area contributed by atoms with Gasteiger partial charge < -0.3 is 4.42 Å². The minimum Gasteiger partial charge on any atom is -0.419 e. The lowest BCUT2D eigenvalue weighted by Gasteiger charge is -2.02. The van der Waals surface area contributed by atoms with Gasteiger partial charge in [0.05, 0.1) is 4.83 Å². The Labute approximate surface area is 109 Å². The molecule has 1 aromatic carbocycles. The van der Waals surface area contributed by atoms with Gasteiger partial charge in [0.25, 0.3) is 0 Å². The van der Waals surface area contributed by atoms with Crippen LogP contribution in [0.1, 0.15) is 35.2 Å². The number of hydrogen-bond donors (Lipinski definition) is 0. The Morgan fingerprint density at radius 1 is 1.29 bits per heavy atom. The number of nitrogens with zero attached hydrogens (tertiary/aromatic N) is 2. The molecule has 2 aromatic rings. The van der Waals surface area contributed by atoms with E-state index in [1.165, 1.54) is 5.56 Å². The standard InChI is InChI=1S/C13H15BrN2O/c1-4-11(14)13-16-15-12(17-13)10-7-8(2)5-6-9(10)3/h5-7,11H,4H2,1-3H3. The van der Waals surface area contributed by atoms with Gasteiger partial charge in [0, 0.05) is 5.56 Å². The minimum atomic E-state index is 0.133. The van der Waals surface area contributed by atoms with Crippen molar-refractivity contribution in [2.24, 2.45) is 0 Å². The molecule has 0 saturated heterocycles. The summed E-state index contributed by atoms with van der Waals surface area (Å²) >= 11 is 3.51. The van der Waals surface area contributed by atoms with Crippen molar-refractivity contribution in [3.63, 3.8) is 0 Å². The highest BCUT2D eigenvalue weighted by Crippen LogP contribution is 2.29. The summed E-state index contributed by atoms with van der Waals surface area (Å²) in [7, 11) is 0. The van der Waals surface area contributed by atoms with Crippen LogP contribution in [0.4, 0.5) is 0 Å². The summed E-state index contributed by atoms with van der Waals surface area (Å²) in [5.74, 6) is 1.24. The summed E-state index contributed by atoms with van der Waals surface area (Å²) in [6.07, 6.45) is 0.925. The molecule has 90 valence electrons. The average Bonchev–Trinajstić information content (AvgIpc) is 2.80. The Balaban J connectivity index is 2.40. The molecule has 0 aliphatic rings. The summed E-state index contributed by atoms with van der Waals surface area (Å²) < 4.78 is 5.69. The third-order valence-electron chi connectivity index (χ3n) is 2.69. The van der Waals surface area contributed by atoms with Crippen molar-refractivity contribution in [3.05, 3.63) is 35.2 Å². The van der Waals surface area contributed by atoms with Crippen molar-refractivity contribution in [1.29, 1.82) is 0 Å². The maximum Gasteiger partial charge on any atom is 0.248 e. The molecule has 3 nitrogen and oxygen atoms in total. The quantitative estimate of drug-likeness (QED) is 0.797. The molecule has 1 aromatic heterocycles. The lowest BCUT2D eigenvalue weighted by atomic mass is 10.1. The van der Waals surface area contributed by atoms with Crippen LogP contribution in [-0.4, -0.2) is 10.2 Å². The molecular formula is C13H15BrN2O. The van der Waals surface area contributed by atoms with Gasteiger partial charge in [-0.2, -0.15) is 0 Å². The first-order chi connectivity index (χ1) is 8.11. The lowest BCUT2D eigenvalue weighted by molar-refractivity contribution is 0.500. The van der Waals surface area contributed by atoms with Crippen LogP contribution >= 0.6 is 15.9 Å². The second-order valence-electron chi connectivity index (χ2n) is 4.14. The fraction of sp³-hybridized carbons (Fsp3) is 0.385. The Bertz CT molecular complexity index is 522. The summed E-state index contributed by atoms with van der Waals surface area (Å²) in [5.41, 5.74) is 3.35. The maximum absolute atomic E-state index is 5.69. The zero-order valence-corrected chi connectivity index (χ0v) is 11.8. The second-order valence-corrected chi connectivity index (χ2v) is 5.24. The number of halogens is 1. The van der Waals surface area contributed by atoms with Gasteiger partial charge in [0.2, 0.25) is 11.8 Å². The van der Waals surface area contributed by atoms with E-state index in [0.29, 0.717) is 11.8 Å². The van der Waals surface area contributed by atoms with Crippen LogP contribution in [0.5, 0.6) is 0 Å². The number of benzene rings is 1. The number of alkyl halides is 1. The van der Waals surface area contributed by atoms with Gasteiger partial charge in [-0.05, 0) is 31.9 Å². The molecule has 0 amide bonds. The van der Waals surface area contributed by atoms with E-state index in [9.17, 15) is 0 Å². The molecule has 1 heterocycles. The van der Waals surface area contributed by atoms with Crippen LogP contribution in [-0.2, 0) is 0 Å². The van der Waals surface area contributed by atoms with Crippen LogP contribution < -0.4 is 0 Å². The molecule has 0 radical (unpaired) electrons. The molecule has 0 fully saturated rings. The fourth-order valence-electron chi connectivity index (χ4n) is 1.61. The van der Waals surface area contributed by atoms with Crippen LogP contribution in [0.3, 0.4) is 0 Å². The van der Waals surface area contributed by atoms with E-state index in [-0.39, 0.29) is 4.83 Å². The van der Waals surface area contributed by atoms with Crippen LogP contribution in [0.2, 0.25) is 0 Å². The third kappa shape index (κ3) is 2.57. The van der Waals surface area contributed by atoms with Crippen molar-refractivity contribution in [3.8, 4) is 11.5 Å². The van der Waals surface area contributed by atoms with Crippen molar-refractivity contribution in [1.82, 2.24) is 10.2 Å². The molecular weight excluding hydrogens is 280 g/mol. The lowest BCUT2D eigenvalue weighted by Crippen LogP contribution is -1.86. The predicted octanol–water partition coefficient (Wildman–Crippen LogP) is 4.20. The predicted molar refractivity (Wildman–Crippen MR) is 71.2 cm³/mol. The average molecular weight is 295 g/mol. The summed E-state index contributed by atoms with van der Waals surface area (Å²) in [6.45, 7) is 6.17. The topological polar surface area (TPSA) is 38.9 Å². The van der Waals surface area contributed by atoms with E-state index < -0.39 is 0 Å². The Hall–Kier alpha value is -1.16. The first-order valence-electron chi connectivity index (χ1n) is 5.67. The van der Waals surface area contributed by atoms with E-state index in [1.54, 1.807) is 0 Å². The van der Waals surface area contributed by atoms with Gasteiger partial charge in [-0.15, -0.1) is 10.2 Å². The van der Waals surface area contributed by atoms with Gasteiger partial charge in [-0.25, -0.2) is 0 Å². The number of rotatable bonds is 3. The molecule has 1 unspecified atom stereocenters. The summed E-state index contributed by atoms with van der Waals surface area (Å²) in [5, 5.41) is 8.18. The molecule has 2 rings (SSSR count). The van der Waals surface area contributed by atoms with Gasteiger partial charge in [0.15, 0.2) is 0 Å². The van der Waals surface area contributed by atoms with Crippen molar-refractivity contribution in [2.75, 3.05) is 0 Å². The second kappa shape index (κ2) is 5.00.